The van der Waals surface area contributed by atoms with Gasteiger partial charge in [-0.15, -0.1) is 0 Å². The number of hydrogen-bond acceptors (Lipinski definition) is 4. The molecule has 2 aromatic carbocycles. The molecule has 3 rings (SSSR count). The highest BCUT2D eigenvalue weighted by Crippen LogP contribution is 2.32. The van der Waals surface area contributed by atoms with Crippen LogP contribution >= 0.6 is 0 Å². The van der Waals surface area contributed by atoms with Gasteiger partial charge in [-0.25, -0.2) is 8.42 Å². The number of aryl methyl sites for hydroxylation is 1. The summed E-state index contributed by atoms with van der Waals surface area (Å²) in [5.74, 6) is 0.630. The summed E-state index contributed by atoms with van der Waals surface area (Å²) >= 11 is 0. The van der Waals surface area contributed by atoms with Crippen molar-refractivity contribution < 1.29 is 17.9 Å². The van der Waals surface area contributed by atoms with Gasteiger partial charge in [-0.1, -0.05) is 18.2 Å². The quantitative estimate of drug-likeness (QED) is 0.754. The lowest BCUT2D eigenvalue weighted by molar-refractivity contribution is 0.146. The van der Waals surface area contributed by atoms with Crippen molar-refractivity contribution in [1.29, 1.82) is 0 Å². The van der Waals surface area contributed by atoms with Gasteiger partial charge in [0.15, 0.2) is 0 Å². The fourth-order valence-corrected chi connectivity index (χ4v) is 4.37. The minimum Gasteiger partial charge on any atom is -0.491 e. The first-order valence-corrected chi connectivity index (χ1v) is 9.39. The number of fused-ring (bicyclic) bond motifs is 1. The minimum atomic E-state index is -3.56. The number of benzene rings is 2. The summed E-state index contributed by atoms with van der Waals surface area (Å²) in [4.78, 5) is 0.276. The van der Waals surface area contributed by atoms with Gasteiger partial charge in [-0.05, 0) is 48.7 Å². The summed E-state index contributed by atoms with van der Waals surface area (Å²) in [7, 11) is -1.96. The number of hydrogen-bond donors (Lipinski definition) is 0. The molecule has 5 nitrogen and oxygen atoms in total. The molecule has 0 unspecified atom stereocenters. The molecule has 0 radical (unpaired) electrons. The number of methoxy groups -OCH3 is 1. The zero-order valence-corrected chi connectivity index (χ0v) is 14.5. The van der Waals surface area contributed by atoms with E-state index in [0.717, 1.165) is 24.1 Å². The van der Waals surface area contributed by atoms with Crippen LogP contribution in [0.4, 0.5) is 5.69 Å². The number of anilines is 1. The fourth-order valence-electron chi connectivity index (χ4n) is 2.83. The second-order valence-electron chi connectivity index (χ2n) is 5.62. The zero-order valence-electron chi connectivity index (χ0n) is 13.6. The summed E-state index contributed by atoms with van der Waals surface area (Å²) in [5.41, 5.74) is 1.86. The largest absolute Gasteiger partial charge is 0.491 e. The molecule has 0 aliphatic carbocycles. The summed E-state index contributed by atoms with van der Waals surface area (Å²) in [6.45, 7) is 1.43. The third kappa shape index (κ3) is 3.39. The first-order chi connectivity index (χ1) is 11.6. The average Bonchev–Trinajstić information content (AvgIpc) is 2.62. The first-order valence-electron chi connectivity index (χ1n) is 7.95. The average molecular weight is 347 g/mol. The second-order valence-corrected chi connectivity index (χ2v) is 7.48. The topological polar surface area (TPSA) is 55.8 Å². The Hall–Kier alpha value is -2.05. The smallest absolute Gasteiger partial charge is 0.264 e. The van der Waals surface area contributed by atoms with Gasteiger partial charge in [-0.3, -0.25) is 4.31 Å². The van der Waals surface area contributed by atoms with E-state index in [2.05, 4.69) is 0 Å². The Kier molecular flexibility index (Phi) is 5.06. The normalized spacial score (nSPS) is 14.3. The number of para-hydroxylation sites is 1. The number of nitrogens with zero attached hydrogens (tertiary/aromatic N) is 1. The highest BCUT2D eigenvalue weighted by Gasteiger charge is 2.28. The Morgan fingerprint density at radius 3 is 2.54 bits per heavy atom. The number of rotatable bonds is 6. The predicted octanol–water partition coefficient (Wildman–Crippen LogP) is 2.85. The van der Waals surface area contributed by atoms with Gasteiger partial charge >= 0.3 is 0 Å². The Labute approximate surface area is 142 Å². The molecule has 0 N–H and O–H groups in total. The molecule has 6 heteroatoms. The monoisotopic (exact) mass is 347 g/mol. The van der Waals surface area contributed by atoms with E-state index in [9.17, 15) is 8.42 Å². The fraction of sp³-hybridized carbons (Fsp3) is 0.333. The standard InChI is InChI=1S/C18H21NO4S/c1-22-13-14-23-16-8-10-17(11-9-16)24(20,21)19-12-4-6-15-5-2-3-7-18(15)19/h2-3,5,7-11H,4,6,12-14H2,1H3. The minimum absolute atomic E-state index is 0.276. The molecule has 0 spiro atoms. The Balaban J connectivity index is 1.84. The molecule has 128 valence electrons. The molecular formula is C18H21NO4S. The van der Waals surface area contributed by atoms with Gasteiger partial charge in [0, 0.05) is 13.7 Å². The van der Waals surface area contributed by atoms with E-state index >= 15 is 0 Å². The maximum atomic E-state index is 13.0. The van der Waals surface area contributed by atoms with Gasteiger partial charge in [0.25, 0.3) is 10.0 Å². The molecule has 0 amide bonds. The molecule has 0 fully saturated rings. The van der Waals surface area contributed by atoms with Crippen molar-refractivity contribution >= 4 is 15.7 Å². The Morgan fingerprint density at radius 2 is 1.79 bits per heavy atom. The lowest BCUT2D eigenvalue weighted by atomic mass is 10.0. The van der Waals surface area contributed by atoms with E-state index in [4.69, 9.17) is 9.47 Å². The molecular weight excluding hydrogens is 326 g/mol. The van der Waals surface area contributed by atoms with Crippen molar-refractivity contribution in [2.24, 2.45) is 0 Å². The van der Waals surface area contributed by atoms with E-state index < -0.39 is 10.0 Å². The zero-order chi connectivity index (χ0) is 17.0. The van der Waals surface area contributed by atoms with Gasteiger partial charge in [0.05, 0.1) is 17.2 Å². The van der Waals surface area contributed by atoms with E-state index in [1.165, 1.54) is 4.31 Å². The van der Waals surface area contributed by atoms with Gasteiger partial charge in [-0.2, -0.15) is 0 Å². The third-order valence-corrected chi connectivity index (χ3v) is 5.86. The van der Waals surface area contributed by atoms with Gasteiger partial charge < -0.3 is 9.47 Å². The third-order valence-electron chi connectivity index (χ3n) is 4.04. The summed E-state index contributed by atoms with van der Waals surface area (Å²) in [6.07, 6.45) is 1.74. The van der Waals surface area contributed by atoms with Crippen LogP contribution in [-0.4, -0.2) is 35.3 Å². The van der Waals surface area contributed by atoms with E-state index in [1.54, 1.807) is 31.4 Å². The molecule has 0 atom stereocenters. The molecule has 1 aliphatic rings. The highest BCUT2D eigenvalue weighted by molar-refractivity contribution is 7.92. The van der Waals surface area contributed by atoms with Crippen molar-refractivity contribution in [2.75, 3.05) is 31.2 Å². The van der Waals surface area contributed by atoms with Gasteiger partial charge in [0.2, 0.25) is 0 Å². The molecule has 1 aliphatic heterocycles. The first kappa shape index (κ1) is 16.8. The molecule has 0 saturated heterocycles. The number of ether oxygens (including phenoxy) is 2. The van der Waals surface area contributed by atoms with Crippen LogP contribution in [0.25, 0.3) is 0 Å². The maximum Gasteiger partial charge on any atom is 0.264 e. The summed E-state index contributed by atoms with van der Waals surface area (Å²) < 4.78 is 37.9. The molecule has 24 heavy (non-hydrogen) atoms. The molecule has 0 aromatic heterocycles. The lowest BCUT2D eigenvalue weighted by Crippen LogP contribution is -2.35. The van der Waals surface area contributed by atoms with Crippen molar-refractivity contribution in [3.63, 3.8) is 0 Å². The SMILES string of the molecule is COCCOc1ccc(S(=O)(=O)N2CCCc3ccccc32)cc1. The predicted molar refractivity (Wildman–Crippen MR) is 93.1 cm³/mol. The summed E-state index contributed by atoms with van der Waals surface area (Å²) in [6, 6.07) is 14.2. The van der Waals surface area contributed by atoms with Crippen LogP contribution in [0.3, 0.4) is 0 Å². The number of sulfonamides is 1. The molecule has 1 heterocycles. The van der Waals surface area contributed by atoms with Crippen LogP contribution in [-0.2, 0) is 21.2 Å². The van der Waals surface area contributed by atoms with Crippen LogP contribution < -0.4 is 9.04 Å². The van der Waals surface area contributed by atoms with Crippen molar-refractivity contribution in [3.8, 4) is 5.75 Å². The van der Waals surface area contributed by atoms with E-state index in [-0.39, 0.29) is 4.90 Å². The van der Waals surface area contributed by atoms with Crippen LogP contribution in [0.1, 0.15) is 12.0 Å². The van der Waals surface area contributed by atoms with Crippen molar-refractivity contribution in [2.45, 2.75) is 17.7 Å². The highest BCUT2D eigenvalue weighted by atomic mass is 32.2. The molecule has 0 saturated carbocycles. The van der Waals surface area contributed by atoms with Crippen LogP contribution in [0.5, 0.6) is 5.75 Å². The van der Waals surface area contributed by atoms with Crippen molar-refractivity contribution in [1.82, 2.24) is 0 Å². The molecule has 2 aromatic rings. The van der Waals surface area contributed by atoms with E-state index in [0.29, 0.717) is 25.5 Å². The Bertz CT molecular complexity index is 787. The lowest BCUT2D eigenvalue weighted by Gasteiger charge is -2.30. The maximum absolute atomic E-state index is 13.0. The second kappa shape index (κ2) is 7.23. The van der Waals surface area contributed by atoms with Gasteiger partial charge in [0.1, 0.15) is 12.4 Å². The van der Waals surface area contributed by atoms with E-state index in [1.807, 2.05) is 24.3 Å². The van der Waals surface area contributed by atoms with Crippen LogP contribution in [0, 0.1) is 0 Å². The van der Waals surface area contributed by atoms with Crippen LogP contribution in [0.2, 0.25) is 0 Å². The Morgan fingerprint density at radius 1 is 1.04 bits per heavy atom. The molecule has 0 bridgehead atoms. The van der Waals surface area contributed by atoms with Crippen molar-refractivity contribution in [3.05, 3.63) is 54.1 Å². The van der Waals surface area contributed by atoms with Crippen LogP contribution in [0.15, 0.2) is 53.4 Å². The summed E-state index contributed by atoms with van der Waals surface area (Å²) in [5, 5.41) is 0.